The number of hydrogen-bond acceptors (Lipinski definition) is 4. The second kappa shape index (κ2) is 10.6. The molecule has 0 radical (unpaired) electrons. The van der Waals surface area contributed by atoms with Crippen LogP contribution in [0.15, 0.2) is 4.99 Å². The first kappa shape index (κ1) is 20.0. The van der Waals surface area contributed by atoms with E-state index < -0.39 is 0 Å². The highest BCUT2D eigenvalue weighted by Gasteiger charge is 2.21. The van der Waals surface area contributed by atoms with E-state index in [9.17, 15) is 4.79 Å². The average molecular weight is 354 g/mol. The molecule has 25 heavy (non-hydrogen) atoms. The predicted octanol–water partition coefficient (Wildman–Crippen LogP) is 0.948. The molecular weight excluding hydrogens is 320 g/mol. The van der Waals surface area contributed by atoms with Gasteiger partial charge >= 0.3 is 0 Å². The number of nitrogens with zero attached hydrogens (tertiary/aromatic N) is 3. The molecule has 1 saturated heterocycles. The molecule has 1 saturated carbocycles. The summed E-state index contributed by atoms with van der Waals surface area (Å²) in [6, 6.07) is 0. The molecule has 1 N–H and O–H groups in total. The molecule has 144 valence electrons. The highest BCUT2D eigenvalue weighted by Crippen LogP contribution is 2.28. The van der Waals surface area contributed by atoms with Crippen LogP contribution in [0.4, 0.5) is 0 Å². The summed E-state index contributed by atoms with van der Waals surface area (Å²) in [6.07, 6.45) is 6.26. The largest absolute Gasteiger partial charge is 0.379 e. The van der Waals surface area contributed by atoms with E-state index in [1.165, 1.54) is 19.3 Å². The number of likely N-dealkylation sites (N-methyl/N-ethyl adjacent to an activating group) is 2. The lowest BCUT2D eigenvalue weighted by Crippen LogP contribution is -2.45. The van der Waals surface area contributed by atoms with E-state index in [0.717, 1.165) is 51.0 Å². The molecule has 2 rings (SSSR count). The Hall–Kier alpha value is -1.34. The molecule has 2 fully saturated rings. The Labute approximate surface area is 151 Å². The third kappa shape index (κ3) is 8.05. The number of hydrogen-bond donors (Lipinski definition) is 1. The van der Waals surface area contributed by atoms with Crippen molar-refractivity contribution in [3.8, 4) is 0 Å². The molecule has 0 spiro atoms. The van der Waals surface area contributed by atoms with Gasteiger partial charge < -0.3 is 24.6 Å². The number of carbonyl (C=O) groups is 1. The lowest BCUT2D eigenvalue weighted by Gasteiger charge is -2.27. The van der Waals surface area contributed by atoms with E-state index in [0.29, 0.717) is 6.61 Å². The molecule has 1 amide bonds. The van der Waals surface area contributed by atoms with Gasteiger partial charge in [0, 0.05) is 47.4 Å². The van der Waals surface area contributed by atoms with Crippen molar-refractivity contribution in [3.63, 3.8) is 0 Å². The van der Waals surface area contributed by atoms with Gasteiger partial charge in [-0.2, -0.15) is 0 Å². The number of ether oxygens (including phenoxy) is 2. The molecule has 7 heteroatoms. The van der Waals surface area contributed by atoms with Crippen LogP contribution < -0.4 is 5.32 Å². The minimum atomic E-state index is -0.00778. The van der Waals surface area contributed by atoms with E-state index >= 15 is 0 Å². The van der Waals surface area contributed by atoms with Crippen molar-refractivity contribution in [1.82, 2.24) is 15.1 Å². The van der Waals surface area contributed by atoms with Gasteiger partial charge in [0.25, 0.3) is 0 Å². The molecule has 1 aliphatic heterocycles. The zero-order valence-electron chi connectivity index (χ0n) is 16.0. The fourth-order valence-corrected chi connectivity index (χ4v) is 2.61. The smallest absolute Gasteiger partial charge is 0.243 e. The van der Waals surface area contributed by atoms with Gasteiger partial charge in [0.2, 0.25) is 5.91 Å². The van der Waals surface area contributed by atoms with Crippen molar-refractivity contribution < 1.29 is 14.3 Å². The van der Waals surface area contributed by atoms with E-state index in [1.54, 1.807) is 19.0 Å². The summed E-state index contributed by atoms with van der Waals surface area (Å²) in [5.74, 6) is 1.50. The number of guanidine groups is 1. The van der Waals surface area contributed by atoms with Gasteiger partial charge in [-0.3, -0.25) is 4.79 Å². The maximum absolute atomic E-state index is 11.8. The molecule has 0 aromatic heterocycles. The van der Waals surface area contributed by atoms with Crippen LogP contribution in [0, 0.1) is 5.92 Å². The first-order valence-electron chi connectivity index (χ1n) is 9.45. The summed E-state index contributed by atoms with van der Waals surface area (Å²) in [5.41, 5.74) is 0. The van der Waals surface area contributed by atoms with Crippen LogP contribution in [0.1, 0.15) is 32.1 Å². The van der Waals surface area contributed by atoms with Crippen LogP contribution >= 0.6 is 0 Å². The number of aliphatic imine (C=N–C) groups is 1. The van der Waals surface area contributed by atoms with Crippen LogP contribution in [-0.2, 0) is 14.3 Å². The molecular formula is C18H34N4O3. The number of amides is 1. The average Bonchev–Trinajstić information content (AvgIpc) is 3.43. The fourth-order valence-electron chi connectivity index (χ4n) is 2.61. The predicted molar refractivity (Wildman–Crippen MR) is 98.8 cm³/mol. The molecule has 1 aliphatic carbocycles. The van der Waals surface area contributed by atoms with Crippen LogP contribution in [0.3, 0.4) is 0 Å². The third-order valence-electron chi connectivity index (χ3n) is 4.61. The van der Waals surface area contributed by atoms with Gasteiger partial charge in [-0.25, -0.2) is 4.99 Å². The Bertz CT molecular complexity index is 432. The van der Waals surface area contributed by atoms with Crippen molar-refractivity contribution in [2.45, 2.75) is 38.2 Å². The Balaban J connectivity index is 1.79. The van der Waals surface area contributed by atoms with E-state index in [-0.39, 0.29) is 18.6 Å². The quantitative estimate of drug-likeness (QED) is 0.379. The van der Waals surface area contributed by atoms with Crippen LogP contribution in [0.25, 0.3) is 0 Å². The minimum Gasteiger partial charge on any atom is -0.379 e. The maximum Gasteiger partial charge on any atom is 0.243 e. The van der Waals surface area contributed by atoms with E-state index in [4.69, 9.17) is 9.47 Å². The molecule has 7 nitrogen and oxygen atoms in total. The zero-order chi connectivity index (χ0) is 18.1. The zero-order valence-corrected chi connectivity index (χ0v) is 16.0. The van der Waals surface area contributed by atoms with Crippen molar-refractivity contribution in [2.75, 3.05) is 60.6 Å². The maximum atomic E-state index is 11.8. The summed E-state index contributed by atoms with van der Waals surface area (Å²) in [4.78, 5) is 19.9. The minimum absolute atomic E-state index is 0.00778. The van der Waals surface area contributed by atoms with Gasteiger partial charge in [-0.05, 0) is 38.0 Å². The Morgan fingerprint density at radius 1 is 1.24 bits per heavy atom. The van der Waals surface area contributed by atoms with Crippen molar-refractivity contribution in [1.29, 1.82) is 0 Å². The highest BCUT2D eigenvalue weighted by molar-refractivity contribution is 5.84. The van der Waals surface area contributed by atoms with E-state index in [1.807, 2.05) is 11.9 Å². The van der Waals surface area contributed by atoms with Crippen molar-refractivity contribution in [2.24, 2.45) is 10.9 Å². The SMILES string of the molecule is CN(C)C(=O)CN=C(NCC1CCCCO1)N(C)CCOCC1CC1. The summed E-state index contributed by atoms with van der Waals surface area (Å²) in [6.45, 7) is 4.00. The molecule has 0 bridgehead atoms. The Kier molecular flexibility index (Phi) is 8.48. The van der Waals surface area contributed by atoms with Crippen LogP contribution in [0.5, 0.6) is 0 Å². The molecule has 1 unspecified atom stereocenters. The first-order chi connectivity index (χ1) is 12.1. The summed E-state index contributed by atoms with van der Waals surface area (Å²) < 4.78 is 11.5. The standard InChI is InChI=1S/C18H34N4O3/c1-21(2)17(23)13-20-18(19-12-16-6-4-5-10-25-16)22(3)9-11-24-14-15-7-8-15/h15-16H,4-14H2,1-3H3,(H,19,20). The van der Waals surface area contributed by atoms with Gasteiger partial charge in [0.05, 0.1) is 12.7 Å². The second-order valence-corrected chi connectivity index (χ2v) is 7.24. The topological polar surface area (TPSA) is 66.4 Å². The lowest BCUT2D eigenvalue weighted by atomic mass is 10.1. The molecule has 0 aromatic rings. The second-order valence-electron chi connectivity index (χ2n) is 7.24. The summed E-state index contributed by atoms with van der Waals surface area (Å²) in [7, 11) is 5.47. The summed E-state index contributed by atoms with van der Waals surface area (Å²) in [5, 5.41) is 3.37. The summed E-state index contributed by atoms with van der Waals surface area (Å²) >= 11 is 0. The lowest BCUT2D eigenvalue weighted by molar-refractivity contribution is -0.127. The monoisotopic (exact) mass is 354 g/mol. The van der Waals surface area contributed by atoms with Gasteiger partial charge in [0.15, 0.2) is 5.96 Å². The number of rotatable bonds is 9. The Morgan fingerprint density at radius 2 is 2.04 bits per heavy atom. The van der Waals surface area contributed by atoms with Gasteiger partial charge in [-0.15, -0.1) is 0 Å². The molecule has 0 aromatic carbocycles. The fraction of sp³-hybridized carbons (Fsp3) is 0.889. The van der Waals surface area contributed by atoms with Crippen molar-refractivity contribution >= 4 is 11.9 Å². The Morgan fingerprint density at radius 3 is 2.68 bits per heavy atom. The van der Waals surface area contributed by atoms with Gasteiger partial charge in [0.1, 0.15) is 6.54 Å². The molecule has 1 heterocycles. The van der Waals surface area contributed by atoms with E-state index in [2.05, 4.69) is 10.3 Å². The van der Waals surface area contributed by atoms with Crippen molar-refractivity contribution in [3.05, 3.63) is 0 Å². The number of carbonyl (C=O) groups excluding carboxylic acids is 1. The molecule has 1 atom stereocenters. The van der Waals surface area contributed by atoms with Crippen LogP contribution in [0.2, 0.25) is 0 Å². The van der Waals surface area contributed by atoms with Crippen LogP contribution in [-0.4, -0.2) is 88.4 Å². The number of nitrogens with one attached hydrogen (secondary N) is 1. The third-order valence-corrected chi connectivity index (χ3v) is 4.61. The van der Waals surface area contributed by atoms with Gasteiger partial charge in [-0.1, -0.05) is 0 Å². The molecule has 2 aliphatic rings. The first-order valence-corrected chi connectivity index (χ1v) is 9.45. The highest BCUT2D eigenvalue weighted by atomic mass is 16.5. The normalized spacial score (nSPS) is 21.1.